The van der Waals surface area contributed by atoms with Crippen LogP contribution in [0, 0.1) is 0 Å². The molecule has 2 aromatic carbocycles. The largest absolute Gasteiger partial charge is 0.387 e. The van der Waals surface area contributed by atoms with E-state index in [9.17, 15) is 5.11 Å². The molecule has 1 heterocycles. The SMILES string of the molecule is NCC(c1ccccc1)C(O)c1cc2ccccc2s1. The Morgan fingerprint density at radius 2 is 1.70 bits per heavy atom. The van der Waals surface area contributed by atoms with E-state index in [1.165, 1.54) is 10.1 Å². The maximum absolute atomic E-state index is 10.7. The highest BCUT2D eigenvalue weighted by Crippen LogP contribution is 2.36. The molecule has 0 radical (unpaired) electrons. The van der Waals surface area contributed by atoms with Crippen molar-refractivity contribution in [3.05, 3.63) is 71.1 Å². The molecule has 0 aliphatic rings. The Hall–Kier alpha value is -1.68. The van der Waals surface area contributed by atoms with Crippen molar-refractivity contribution in [2.45, 2.75) is 12.0 Å². The van der Waals surface area contributed by atoms with E-state index in [2.05, 4.69) is 18.2 Å². The minimum atomic E-state index is -0.556. The van der Waals surface area contributed by atoms with Crippen molar-refractivity contribution in [3.8, 4) is 0 Å². The van der Waals surface area contributed by atoms with Gasteiger partial charge in [0.05, 0.1) is 6.10 Å². The maximum Gasteiger partial charge on any atom is 0.0962 e. The molecule has 2 unspecified atom stereocenters. The zero-order chi connectivity index (χ0) is 13.9. The van der Waals surface area contributed by atoms with Gasteiger partial charge in [0.25, 0.3) is 0 Å². The first-order valence-corrected chi connectivity index (χ1v) is 7.53. The maximum atomic E-state index is 10.7. The number of thiophene rings is 1. The summed E-state index contributed by atoms with van der Waals surface area (Å²) in [5, 5.41) is 11.8. The Kier molecular flexibility index (Phi) is 3.83. The van der Waals surface area contributed by atoms with Gasteiger partial charge in [0, 0.05) is 22.0 Å². The average molecular weight is 283 g/mol. The predicted molar refractivity (Wildman–Crippen MR) is 85.0 cm³/mol. The van der Waals surface area contributed by atoms with Gasteiger partial charge in [-0.15, -0.1) is 11.3 Å². The van der Waals surface area contributed by atoms with Gasteiger partial charge in [-0.05, 0) is 23.1 Å². The Bertz CT molecular complexity index is 659. The number of aliphatic hydroxyl groups excluding tert-OH is 1. The zero-order valence-electron chi connectivity index (χ0n) is 11.1. The van der Waals surface area contributed by atoms with Crippen LogP contribution < -0.4 is 5.73 Å². The van der Waals surface area contributed by atoms with E-state index in [0.29, 0.717) is 6.54 Å². The van der Waals surface area contributed by atoms with Crippen LogP contribution in [0.2, 0.25) is 0 Å². The summed E-state index contributed by atoms with van der Waals surface area (Å²) in [6.45, 7) is 0.430. The quantitative estimate of drug-likeness (QED) is 0.767. The van der Waals surface area contributed by atoms with Gasteiger partial charge in [0.1, 0.15) is 0 Å². The summed E-state index contributed by atoms with van der Waals surface area (Å²) in [5.41, 5.74) is 6.97. The molecule has 0 saturated heterocycles. The van der Waals surface area contributed by atoms with Gasteiger partial charge >= 0.3 is 0 Å². The number of hydrogen-bond acceptors (Lipinski definition) is 3. The van der Waals surface area contributed by atoms with Crippen molar-refractivity contribution in [1.29, 1.82) is 0 Å². The summed E-state index contributed by atoms with van der Waals surface area (Å²) in [4.78, 5) is 0.977. The molecular weight excluding hydrogens is 266 g/mol. The molecule has 0 saturated carbocycles. The summed E-state index contributed by atoms with van der Waals surface area (Å²) >= 11 is 1.64. The van der Waals surface area contributed by atoms with Crippen molar-refractivity contribution in [2.75, 3.05) is 6.54 Å². The van der Waals surface area contributed by atoms with Crippen molar-refractivity contribution in [3.63, 3.8) is 0 Å². The van der Waals surface area contributed by atoms with Gasteiger partial charge < -0.3 is 10.8 Å². The number of rotatable bonds is 4. The fourth-order valence-corrected chi connectivity index (χ4v) is 3.61. The lowest BCUT2D eigenvalue weighted by Crippen LogP contribution is -2.19. The third-order valence-corrected chi connectivity index (χ3v) is 4.79. The van der Waals surface area contributed by atoms with Gasteiger partial charge in [-0.1, -0.05) is 48.5 Å². The number of fused-ring (bicyclic) bond motifs is 1. The average Bonchev–Trinajstić information content (AvgIpc) is 2.93. The van der Waals surface area contributed by atoms with E-state index in [0.717, 1.165) is 10.4 Å². The van der Waals surface area contributed by atoms with Crippen LogP contribution in [0.5, 0.6) is 0 Å². The molecule has 3 rings (SSSR count). The highest BCUT2D eigenvalue weighted by Gasteiger charge is 2.23. The highest BCUT2D eigenvalue weighted by molar-refractivity contribution is 7.19. The van der Waals surface area contributed by atoms with Crippen molar-refractivity contribution in [2.24, 2.45) is 5.73 Å². The topological polar surface area (TPSA) is 46.2 Å². The molecule has 0 aliphatic carbocycles. The van der Waals surface area contributed by atoms with Gasteiger partial charge in [-0.25, -0.2) is 0 Å². The molecule has 3 heteroatoms. The lowest BCUT2D eigenvalue weighted by molar-refractivity contribution is 0.151. The van der Waals surface area contributed by atoms with Crippen LogP contribution in [0.3, 0.4) is 0 Å². The van der Waals surface area contributed by atoms with Crippen LogP contribution >= 0.6 is 11.3 Å². The second-order valence-corrected chi connectivity index (χ2v) is 6.00. The third-order valence-electron chi connectivity index (χ3n) is 3.60. The molecule has 0 fully saturated rings. The first-order chi connectivity index (χ1) is 9.79. The monoisotopic (exact) mass is 283 g/mol. The second-order valence-electron chi connectivity index (χ2n) is 4.88. The van der Waals surface area contributed by atoms with Gasteiger partial charge in [-0.2, -0.15) is 0 Å². The summed E-state index contributed by atoms with van der Waals surface area (Å²) in [6.07, 6.45) is -0.556. The van der Waals surface area contributed by atoms with E-state index in [1.807, 2.05) is 42.5 Å². The van der Waals surface area contributed by atoms with E-state index in [-0.39, 0.29) is 5.92 Å². The Morgan fingerprint density at radius 1 is 1.00 bits per heavy atom. The first kappa shape index (κ1) is 13.3. The molecule has 3 aromatic rings. The molecule has 0 spiro atoms. The number of nitrogens with two attached hydrogens (primary N) is 1. The number of aliphatic hydroxyl groups is 1. The fourth-order valence-electron chi connectivity index (χ4n) is 2.49. The Labute approximate surface area is 122 Å². The molecular formula is C17H17NOS. The third kappa shape index (κ3) is 2.48. The standard InChI is InChI=1S/C17H17NOS/c18-11-14(12-6-2-1-3-7-12)17(19)16-10-13-8-4-5-9-15(13)20-16/h1-10,14,17,19H,11,18H2. The van der Waals surface area contributed by atoms with Gasteiger partial charge in [-0.3, -0.25) is 0 Å². The van der Waals surface area contributed by atoms with Crippen LogP contribution in [0.1, 0.15) is 22.5 Å². The minimum absolute atomic E-state index is 0.0655. The molecule has 2 atom stereocenters. The molecule has 20 heavy (non-hydrogen) atoms. The first-order valence-electron chi connectivity index (χ1n) is 6.71. The fraction of sp³-hybridized carbons (Fsp3) is 0.176. The predicted octanol–water partition coefficient (Wildman–Crippen LogP) is 3.68. The van der Waals surface area contributed by atoms with Crippen LogP contribution in [-0.4, -0.2) is 11.7 Å². The second kappa shape index (κ2) is 5.75. The normalized spacial score (nSPS) is 14.3. The smallest absolute Gasteiger partial charge is 0.0962 e. The highest BCUT2D eigenvalue weighted by atomic mass is 32.1. The lowest BCUT2D eigenvalue weighted by Gasteiger charge is -2.20. The molecule has 0 amide bonds. The molecule has 1 aromatic heterocycles. The van der Waals surface area contributed by atoms with Crippen molar-refractivity contribution in [1.82, 2.24) is 0 Å². The van der Waals surface area contributed by atoms with Crippen LogP contribution in [0.4, 0.5) is 0 Å². The van der Waals surface area contributed by atoms with E-state index in [1.54, 1.807) is 11.3 Å². The molecule has 3 N–H and O–H groups in total. The van der Waals surface area contributed by atoms with Gasteiger partial charge in [0.15, 0.2) is 0 Å². The molecule has 0 bridgehead atoms. The summed E-state index contributed by atoms with van der Waals surface area (Å²) in [6, 6.07) is 20.2. The minimum Gasteiger partial charge on any atom is -0.387 e. The van der Waals surface area contributed by atoms with Crippen LogP contribution in [0.25, 0.3) is 10.1 Å². The summed E-state index contributed by atoms with van der Waals surface area (Å²) < 4.78 is 1.20. The number of hydrogen-bond donors (Lipinski definition) is 2. The van der Waals surface area contributed by atoms with E-state index in [4.69, 9.17) is 5.73 Å². The molecule has 0 aliphatic heterocycles. The van der Waals surface area contributed by atoms with Crippen LogP contribution in [-0.2, 0) is 0 Å². The lowest BCUT2D eigenvalue weighted by atomic mass is 9.92. The molecule has 2 nitrogen and oxygen atoms in total. The molecule has 102 valence electrons. The Balaban J connectivity index is 1.95. The summed E-state index contributed by atoms with van der Waals surface area (Å²) in [7, 11) is 0. The zero-order valence-corrected chi connectivity index (χ0v) is 11.9. The summed E-state index contributed by atoms with van der Waals surface area (Å²) in [5.74, 6) is -0.0655. The van der Waals surface area contributed by atoms with Crippen molar-refractivity contribution >= 4 is 21.4 Å². The number of benzene rings is 2. The van der Waals surface area contributed by atoms with E-state index >= 15 is 0 Å². The Morgan fingerprint density at radius 3 is 2.40 bits per heavy atom. The van der Waals surface area contributed by atoms with Gasteiger partial charge in [0.2, 0.25) is 0 Å². The van der Waals surface area contributed by atoms with E-state index < -0.39 is 6.10 Å². The van der Waals surface area contributed by atoms with Crippen LogP contribution in [0.15, 0.2) is 60.7 Å². The van der Waals surface area contributed by atoms with Crippen molar-refractivity contribution < 1.29 is 5.11 Å².